The lowest BCUT2D eigenvalue weighted by Gasteiger charge is -2.13. The lowest BCUT2D eigenvalue weighted by Crippen LogP contribution is -1.99. The monoisotopic (exact) mass is 265 g/mol. The van der Waals surface area contributed by atoms with Crippen molar-refractivity contribution < 1.29 is 0 Å². The first-order valence-corrected chi connectivity index (χ1v) is 6.28. The van der Waals surface area contributed by atoms with Gasteiger partial charge in [0.25, 0.3) is 0 Å². The Morgan fingerprint density at radius 1 is 1.24 bits per heavy atom. The highest BCUT2D eigenvalue weighted by atomic mass is 35.5. The Balaban J connectivity index is 2.20. The fourth-order valence-electron chi connectivity index (χ4n) is 1.81. The third kappa shape index (κ3) is 2.99. The molecule has 0 aliphatic heterocycles. The Bertz CT molecular complexity index is 511. The fraction of sp³-hybridized carbons (Fsp3) is 0.214. The van der Waals surface area contributed by atoms with E-state index in [-0.39, 0.29) is 5.38 Å². The van der Waals surface area contributed by atoms with Crippen molar-refractivity contribution in [2.45, 2.75) is 18.7 Å². The second-order valence-corrected chi connectivity index (χ2v) is 4.93. The SMILES string of the molecule is Cc1ccccc1C(Cl)Cc1ccncc1Cl. The largest absolute Gasteiger partial charge is 0.263 e. The van der Waals surface area contributed by atoms with Crippen molar-refractivity contribution in [1.82, 2.24) is 4.98 Å². The molecule has 17 heavy (non-hydrogen) atoms. The van der Waals surface area contributed by atoms with Crippen LogP contribution in [0, 0.1) is 6.92 Å². The van der Waals surface area contributed by atoms with Gasteiger partial charge in [0, 0.05) is 12.4 Å². The van der Waals surface area contributed by atoms with Gasteiger partial charge in [-0.2, -0.15) is 0 Å². The number of hydrogen-bond donors (Lipinski definition) is 0. The lowest BCUT2D eigenvalue weighted by molar-refractivity contribution is 0.907. The number of halogens is 2. The van der Waals surface area contributed by atoms with E-state index >= 15 is 0 Å². The van der Waals surface area contributed by atoms with Gasteiger partial charge in [0.05, 0.1) is 10.4 Å². The van der Waals surface area contributed by atoms with Gasteiger partial charge in [0.2, 0.25) is 0 Å². The molecule has 1 nitrogen and oxygen atoms in total. The first-order chi connectivity index (χ1) is 8.18. The summed E-state index contributed by atoms with van der Waals surface area (Å²) in [6.07, 6.45) is 4.11. The average Bonchev–Trinajstić information content (AvgIpc) is 2.32. The highest BCUT2D eigenvalue weighted by molar-refractivity contribution is 6.31. The summed E-state index contributed by atoms with van der Waals surface area (Å²) < 4.78 is 0. The minimum Gasteiger partial charge on any atom is -0.263 e. The summed E-state index contributed by atoms with van der Waals surface area (Å²) in [5.74, 6) is 0. The molecule has 0 N–H and O–H groups in total. The first-order valence-electron chi connectivity index (χ1n) is 5.46. The van der Waals surface area contributed by atoms with E-state index in [9.17, 15) is 0 Å². The van der Waals surface area contributed by atoms with Gasteiger partial charge in [-0.15, -0.1) is 11.6 Å². The molecule has 0 aliphatic rings. The van der Waals surface area contributed by atoms with Crippen LogP contribution in [0.2, 0.25) is 5.02 Å². The molecule has 0 saturated carbocycles. The maximum Gasteiger partial charge on any atom is 0.0628 e. The number of hydrogen-bond acceptors (Lipinski definition) is 1. The average molecular weight is 266 g/mol. The molecule has 0 saturated heterocycles. The van der Waals surface area contributed by atoms with Gasteiger partial charge < -0.3 is 0 Å². The van der Waals surface area contributed by atoms with Crippen molar-refractivity contribution >= 4 is 23.2 Å². The third-order valence-electron chi connectivity index (χ3n) is 2.78. The van der Waals surface area contributed by atoms with Crippen LogP contribution in [0.1, 0.15) is 22.1 Å². The van der Waals surface area contributed by atoms with Gasteiger partial charge in [0.1, 0.15) is 0 Å². The number of pyridine rings is 1. The molecular formula is C14H13Cl2N. The molecule has 3 heteroatoms. The molecule has 0 radical (unpaired) electrons. The van der Waals surface area contributed by atoms with Crippen LogP contribution in [0.15, 0.2) is 42.7 Å². The molecule has 1 aromatic carbocycles. The molecule has 88 valence electrons. The molecule has 1 heterocycles. The topological polar surface area (TPSA) is 12.9 Å². The summed E-state index contributed by atoms with van der Waals surface area (Å²) in [6.45, 7) is 2.07. The van der Waals surface area contributed by atoms with E-state index in [2.05, 4.69) is 24.0 Å². The Morgan fingerprint density at radius 2 is 2.00 bits per heavy atom. The van der Waals surface area contributed by atoms with Crippen LogP contribution in [0.3, 0.4) is 0 Å². The minimum atomic E-state index is -0.0592. The summed E-state index contributed by atoms with van der Waals surface area (Å²) in [5.41, 5.74) is 3.39. The molecule has 0 aliphatic carbocycles. The Hall–Kier alpha value is -1.05. The molecule has 0 bridgehead atoms. The van der Waals surface area contributed by atoms with Crippen LogP contribution >= 0.6 is 23.2 Å². The van der Waals surface area contributed by atoms with Gasteiger partial charge in [-0.25, -0.2) is 0 Å². The van der Waals surface area contributed by atoms with Gasteiger partial charge in [-0.1, -0.05) is 35.9 Å². The number of nitrogens with zero attached hydrogens (tertiary/aromatic N) is 1. The molecule has 0 fully saturated rings. The quantitative estimate of drug-likeness (QED) is 0.742. The Morgan fingerprint density at radius 3 is 2.71 bits per heavy atom. The number of rotatable bonds is 3. The maximum absolute atomic E-state index is 6.44. The van der Waals surface area contributed by atoms with Crippen molar-refractivity contribution in [1.29, 1.82) is 0 Å². The zero-order valence-corrected chi connectivity index (χ0v) is 11.0. The van der Waals surface area contributed by atoms with E-state index in [1.807, 2.05) is 18.2 Å². The van der Waals surface area contributed by atoms with Gasteiger partial charge in [0.15, 0.2) is 0 Å². The van der Waals surface area contributed by atoms with Crippen molar-refractivity contribution in [3.05, 3.63) is 64.4 Å². The van der Waals surface area contributed by atoms with Gasteiger partial charge >= 0.3 is 0 Å². The third-order valence-corrected chi connectivity index (χ3v) is 3.51. The molecule has 1 atom stereocenters. The van der Waals surface area contributed by atoms with Crippen LogP contribution in [-0.2, 0) is 6.42 Å². The number of alkyl halides is 1. The van der Waals surface area contributed by atoms with E-state index in [0.29, 0.717) is 11.4 Å². The van der Waals surface area contributed by atoms with Crippen LogP contribution < -0.4 is 0 Å². The summed E-state index contributed by atoms with van der Waals surface area (Å²) in [6, 6.07) is 10.1. The minimum absolute atomic E-state index is 0.0592. The van der Waals surface area contributed by atoms with Gasteiger partial charge in [-0.05, 0) is 36.1 Å². The molecular weight excluding hydrogens is 253 g/mol. The Kier molecular flexibility index (Phi) is 4.03. The smallest absolute Gasteiger partial charge is 0.0628 e. The van der Waals surface area contributed by atoms with Gasteiger partial charge in [-0.3, -0.25) is 4.98 Å². The van der Waals surface area contributed by atoms with Crippen LogP contribution in [0.5, 0.6) is 0 Å². The second-order valence-electron chi connectivity index (χ2n) is 4.00. The van der Waals surface area contributed by atoms with E-state index < -0.39 is 0 Å². The molecule has 1 unspecified atom stereocenters. The lowest BCUT2D eigenvalue weighted by atomic mass is 10.0. The number of benzene rings is 1. The number of aromatic nitrogens is 1. The fourth-order valence-corrected chi connectivity index (χ4v) is 2.42. The van der Waals surface area contributed by atoms with Crippen molar-refractivity contribution in [2.75, 3.05) is 0 Å². The predicted octanol–water partition coefficient (Wildman–Crippen LogP) is 4.57. The molecule has 1 aromatic heterocycles. The Labute approximate surface area is 111 Å². The molecule has 0 spiro atoms. The predicted molar refractivity (Wildman–Crippen MR) is 72.7 cm³/mol. The first kappa shape index (κ1) is 12.4. The molecule has 0 amide bonds. The number of aryl methyl sites for hydroxylation is 1. The van der Waals surface area contributed by atoms with E-state index in [1.165, 1.54) is 5.56 Å². The van der Waals surface area contributed by atoms with Crippen molar-refractivity contribution in [3.63, 3.8) is 0 Å². The normalized spacial score (nSPS) is 12.4. The molecule has 2 aromatic rings. The molecule has 2 rings (SSSR count). The maximum atomic E-state index is 6.44. The summed E-state index contributed by atoms with van der Waals surface area (Å²) >= 11 is 12.5. The standard InChI is InChI=1S/C14H13Cl2N/c1-10-4-2-3-5-12(10)13(15)8-11-6-7-17-9-14(11)16/h2-7,9,13H,8H2,1H3. The van der Waals surface area contributed by atoms with E-state index in [0.717, 1.165) is 11.1 Å². The summed E-state index contributed by atoms with van der Waals surface area (Å²) in [4.78, 5) is 3.97. The highest BCUT2D eigenvalue weighted by Gasteiger charge is 2.12. The van der Waals surface area contributed by atoms with Crippen LogP contribution in [0.4, 0.5) is 0 Å². The zero-order chi connectivity index (χ0) is 12.3. The van der Waals surface area contributed by atoms with E-state index in [1.54, 1.807) is 12.4 Å². The zero-order valence-electron chi connectivity index (χ0n) is 9.53. The van der Waals surface area contributed by atoms with Crippen molar-refractivity contribution in [3.8, 4) is 0 Å². The van der Waals surface area contributed by atoms with Crippen LogP contribution in [0.25, 0.3) is 0 Å². The van der Waals surface area contributed by atoms with Crippen molar-refractivity contribution in [2.24, 2.45) is 0 Å². The summed E-state index contributed by atoms with van der Waals surface area (Å²) in [7, 11) is 0. The highest BCUT2D eigenvalue weighted by Crippen LogP contribution is 2.29. The van der Waals surface area contributed by atoms with Crippen LogP contribution in [-0.4, -0.2) is 4.98 Å². The second kappa shape index (κ2) is 5.52. The van der Waals surface area contributed by atoms with E-state index in [4.69, 9.17) is 23.2 Å². The summed E-state index contributed by atoms with van der Waals surface area (Å²) in [5, 5.41) is 0.614.